The standard InChI is InChI=1S/C16H26BO6P/c1-8-21-13-9-12(10-14(11-13)24(18,19-6)20-7)17-22-15(2,3)16(4,5)23-17/h9-11H,8H2,1-7H3. The SMILES string of the molecule is CCOc1cc(B2OC(C)(C)C(C)(C)O2)cc(P(=O)(OC)OC)c1. The van der Waals surface area contributed by atoms with Gasteiger partial charge in [0.15, 0.2) is 0 Å². The van der Waals surface area contributed by atoms with Gasteiger partial charge in [-0.2, -0.15) is 0 Å². The molecule has 0 unspecified atom stereocenters. The molecule has 1 aromatic carbocycles. The number of ether oxygens (including phenoxy) is 1. The average Bonchev–Trinajstić information content (AvgIpc) is 2.75. The van der Waals surface area contributed by atoms with Crippen LogP contribution in [0.15, 0.2) is 18.2 Å². The molecule has 1 aromatic rings. The van der Waals surface area contributed by atoms with E-state index in [1.54, 1.807) is 12.1 Å². The molecule has 134 valence electrons. The molecule has 1 saturated heterocycles. The highest BCUT2D eigenvalue weighted by Crippen LogP contribution is 2.45. The van der Waals surface area contributed by atoms with Gasteiger partial charge in [-0.15, -0.1) is 0 Å². The van der Waals surface area contributed by atoms with Crippen molar-refractivity contribution in [1.82, 2.24) is 0 Å². The fraction of sp³-hybridized carbons (Fsp3) is 0.625. The summed E-state index contributed by atoms with van der Waals surface area (Å²) in [5.74, 6) is 0.564. The minimum absolute atomic E-state index is 0.406. The van der Waals surface area contributed by atoms with E-state index in [4.69, 9.17) is 23.1 Å². The van der Waals surface area contributed by atoms with E-state index in [-0.39, 0.29) is 0 Å². The van der Waals surface area contributed by atoms with E-state index in [9.17, 15) is 4.57 Å². The minimum Gasteiger partial charge on any atom is -0.494 e. The van der Waals surface area contributed by atoms with Crippen molar-refractivity contribution >= 4 is 25.5 Å². The van der Waals surface area contributed by atoms with Crippen LogP contribution >= 0.6 is 7.60 Å². The second kappa shape index (κ2) is 6.81. The van der Waals surface area contributed by atoms with Crippen LogP contribution in [0.2, 0.25) is 0 Å². The summed E-state index contributed by atoms with van der Waals surface area (Å²) in [5.41, 5.74) is -0.221. The van der Waals surface area contributed by atoms with Gasteiger partial charge < -0.3 is 23.1 Å². The highest BCUT2D eigenvalue weighted by Gasteiger charge is 2.52. The highest BCUT2D eigenvalue weighted by molar-refractivity contribution is 7.62. The van der Waals surface area contributed by atoms with Gasteiger partial charge in [-0.3, -0.25) is 4.57 Å². The summed E-state index contributed by atoms with van der Waals surface area (Å²) in [6.45, 7) is 10.3. The molecule has 0 saturated carbocycles. The molecule has 0 amide bonds. The van der Waals surface area contributed by atoms with Crippen LogP contribution in [0.3, 0.4) is 0 Å². The van der Waals surface area contributed by atoms with Crippen molar-refractivity contribution in [2.45, 2.75) is 45.8 Å². The predicted molar refractivity (Wildman–Crippen MR) is 94.6 cm³/mol. The minimum atomic E-state index is -3.41. The van der Waals surface area contributed by atoms with Crippen LogP contribution in [-0.2, 0) is 22.9 Å². The molecule has 0 aliphatic carbocycles. The monoisotopic (exact) mass is 356 g/mol. The highest BCUT2D eigenvalue weighted by atomic mass is 31.2. The van der Waals surface area contributed by atoms with Gasteiger partial charge in [0.05, 0.1) is 23.1 Å². The van der Waals surface area contributed by atoms with Crippen LogP contribution < -0.4 is 15.5 Å². The molecule has 8 heteroatoms. The molecule has 0 aromatic heterocycles. The van der Waals surface area contributed by atoms with Crippen LogP contribution in [0.5, 0.6) is 5.75 Å². The van der Waals surface area contributed by atoms with E-state index < -0.39 is 25.9 Å². The zero-order valence-electron chi connectivity index (χ0n) is 15.4. The second-order valence-electron chi connectivity index (χ2n) is 6.64. The molecule has 24 heavy (non-hydrogen) atoms. The maximum Gasteiger partial charge on any atom is 0.494 e. The summed E-state index contributed by atoms with van der Waals surface area (Å²) in [6, 6.07) is 5.20. The zero-order valence-corrected chi connectivity index (χ0v) is 16.3. The maximum atomic E-state index is 12.7. The lowest BCUT2D eigenvalue weighted by atomic mass is 9.79. The number of hydrogen-bond acceptors (Lipinski definition) is 6. The van der Waals surface area contributed by atoms with Gasteiger partial charge in [0, 0.05) is 14.2 Å². The van der Waals surface area contributed by atoms with Crippen molar-refractivity contribution in [1.29, 1.82) is 0 Å². The van der Waals surface area contributed by atoms with Crippen LogP contribution in [-0.4, -0.2) is 39.1 Å². The van der Waals surface area contributed by atoms with Crippen molar-refractivity contribution in [2.24, 2.45) is 0 Å². The predicted octanol–water partition coefficient (Wildman–Crippen LogP) is 2.50. The Morgan fingerprint density at radius 1 is 1.04 bits per heavy atom. The number of hydrogen-bond donors (Lipinski definition) is 0. The van der Waals surface area contributed by atoms with Crippen molar-refractivity contribution in [3.05, 3.63) is 18.2 Å². The quantitative estimate of drug-likeness (QED) is 0.577. The molecule has 2 rings (SSSR count). The molecule has 1 aliphatic heterocycles. The Morgan fingerprint density at radius 3 is 2.04 bits per heavy atom. The second-order valence-corrected chi connectivity index (χ2v) is 8.89. The first-order valence-corrected chi connectivity index (χ1v) is 9.48. The van der Waals surface area contributed by atoms with Gasteiger partial charge in [0.2, 0.25) is 0 Å². The number of benzene rings is 1. The molecular formula is C16H26BO6P. The lowest BCUT2D eigenvalue weighted by molar-refractivity contribution is 0.00578. The van der Waals surface area contributed by atoms with Crippen molar-refractivity contribution in [3.8, 4) is 5.75 Å². The van der Waals surface area contributed by atoms with E-state index in [0.29, 0.717) is 23.1 Å². The van der Waals surface area contributed by atoms with Gasteiger partial charge in [0.1, 0.15) is 5.75 Å². The fourth-order valence-corrected chi connectivity index (χ4v) is 3.58. The summed E-state index contributed by atoms with van der Waals surface area (Å²) < 4.78 is 40.7. The van der Waals surface area contributed by atoms with Gasteiger partial charge in [-0.1, -0.05) is 0 Å². The normalized spacial score (nSPS) is 19.5. The van der Waals surface area contributed by atoms with Gasteiger partial charge in [-0.25, -0.2) is 0 Å². The third-order valence-corrected chi connectivity index (χ3v) is 6.40. The molecule has 0 atom stereocenters. The summed E-state index contributed by atoms with van der Waals surface area (Å²) >= 11 is 0. The van der Waals surface area contributed by atoms with Gasteiger partial charge in [0.25, 0.3) is 0 Å². The molecule has 0 N–H and O–H groups in total. The molecule has 0 bridgehead atoms. The zero-order chi connectivity index (χ0) is 18.2. The fourth-order valence-electron chi connectivity index (χ4n) is 2.41. The van der Waals surface area contributed by atoms with Crippen LogP contribution in [0, 0.1) is 0 Å². The van der Waals surface area contributed by atoms with Crippen LogP contribution in [0.25, 0.3) is 0 Å². The smallest absolute Gasteiger partial charge is 0.494 e. The van der Waals surface area contributed by atoms with E-state index in [2.05, 4.69) is 0 Å². The molecule has 1 fully saturated rings. The molecule has 0 spiro atoms. The number of rotatable bonds is 6. The first-order valence-electron chi connectivity index (χ1n) is 7.94. The molecule has 6 nitrogen and oxygen atoms in total. The Bertz CT molecular complexity index is 621. The molecule has 1 aliphatic rings. The largest absolute Gasteiger partial charge is 0.494 e. The molecule has 1 heterocycles. The summed E-state index contributed by atoms with van der Waals surface area (Å²) in [5, 5.41) is 0.406. The van der Waals surface area contributed by atoms with E-state index in [1.807, 2.05) is 40.7 Å². The van der Waals surface area contributed by atoms with E-state index in [1.165, 1.54) is 14.2 Å². The van der Waals surface area contributed by atoms with Gasteiger partial charge >= 0.3 is 14.7 Å². The lowest BCUT2D eigenvalue weighted by Crippen LogP contribution is -2.41. The van der Waals surface area contributed by atoms with Crippen LogP contribution in [0.1, 0.15) is 34.6 Å². The Morgan fingerprint density at radius 2 is 1.58 bits per heavy atom. The molecular weight excluding hydrogens is 330 g/mol. The topological polar surface area (TPSA) is 63.2 Å². The summed E-state index contributed by atoms with van der Waals surface area (Å²) in [4.78, 5) is 0. The van der Waals surface area contributed by atoms with E-state index in [0.717, 1.165) is 0 Å². The average molecular weight is 356 g/mol. The Labute approximate surface area is 144 Å². The van der Waals surface area contributed by atoms with Crippen LogP contribution in [0.4, 0.5) is 0 Å². The van der Waals surface area contributed by atoms with Crippen molar-refractivity contribution in [3.63, 3.8) is 0 Å². The maximum absolute atomic E-state index is 12.7. The Kier molecular flexibility index (Phi) is 5.53. The third-order valence-electron chi connectivity index (χ3n) is 4.55. The summed E-state index contributed by atoms with van der Waals surface area (Å²) in [7, 11) is -1.29. The van der Waals surface area contributed by atoms with Crippen molar-refractivity contribution < 1.29 is 27.7 Å². The summed E-state index contributed by atoms with van der Waals surface area (Å²) in [6.07, 6.45) is 0. The Balaban J connectivity index is 2.48. The lowest BCUT2D eigenvalue weighted by Gasteiger charge is -2.32. The molecule has 0 radical (unpaired) electrons. The first kappa shape index (κ1) is 19.5. The van der Waals surface area contributed by atoms with Crippen molar-refractivity contribution in [2.75, 3.05) is 20.8 Å². The first-order chi connectivity index (χ1) is 11.1. The van der Waals surface area contributed by atoms with Gasteiger partial charge in [-0.05, 0) is 58.3 Å². The Hall–Kier alpha value is -0.845. The third kappa shape index (κ3) is 3.56. The van der Waals surface area contributed by atoms with E-state index >= 15 is 0 Å².